The van der Waals surface area contributed by atoms with Gasteiger partial charge in [-0.05, 0) is 40.9 Å². The zero-order chi connectivity index (χ0) is 22.3. The van der Waals surface area contributed by atoms with Crippen LogP contribution in [0.15, 0.2) is 58.3 Å². The second-order valence-corrected chi connectivity index (χ2v) is 10.2. The molecule has 164 valence electrons. The van der Waals surface area contributed by atoms with Crippen LogP contribution < -0.4 is 0 Å². The molecule has 0 saturated heterocycles. The SMILES string of the molecule is O=C(CSc1nc(C(F)(F)F)nc2ccccc12)N1CCc2sccc2C1c1cccs1. The lowest BCUT2D eigenvalue weighted by Crippen LogP contribution is -2.40. The Bertz CT molecular complexity index is 1270. The zero-order valence-corrected chi connectivity index (χ0v) is 19.0. The maximum absolute atomic E-state index is 13.3. The maximum Gasteiger partial charge on any atom is 0.451 e. The van der Waals surface area contributed by atoms with E-state index in [4.69, 9.17) is 0 Å². The Morgan fingerprint density at radius 3 is 2.72 bits per heavy atom. The van der Waals surface area contributed by atoms with Crippen LogP contribution in [0.4, 0.5) is 13.2 Å². The van der Waals surface area contributed by atoms with Crippen LogP contribution in [0, 0.1) is 0 Å². The molecule has 1 aliphatic heterocycles. The Hall–Kier alpha value is -2.43. The monoisotopic (exact) mass is 491 g/mol. The molecule has 0 radical (unpaired) electrons. The standard InChI is InChI=1S/C22H16F3N3OS3/c23-22(24,25)21-26-15-5-2-1-4-13(15)20(27-21)32-12-18(29)28-9-7-16-14(8-11-31-16)19(28)17-6-3-10-30-17/h1-6,8,10-11,19H,7,9,12H2. The molecule has 0 N–H and O–H groups in total. The summed E-state index contributed by atoms with van der Waals surface area (Å²) >= 11 is 4.32. The van der Waals surface area contributed by atoms with Crippen molar-refractivity contribution in [2.75, 3.05) is 12.3 Å². The summed E-state index contributed by atoms with van der Waals surface area (Å²) in [5, 5.41) is 4.70. The van der Waals surface area contributed by atoms with E-state index in [2.05, 4.69) is 16.0 Å². The first-order valence-electron chi connectivity index (χ1n) is 9.78. The number of para-hydroxylation sites is 1. The van der Waals surface area contributed by atoms with E-state index in [9.17, 15) is 18.0 Å². The molecule has 1 aliphatic rings. The summed E-state index contributed by atoms with van der Waals surface area (Å²) in [6.45, 7) is 0.577. The van der Waals surface area contributed by atoms with Crippen LogP contribution in [0.25, 0.3) is 10.9 Å². The molecule has 0 saturated carbocycles. The number of halogens is 3. The summed E-state index contributed by atoms with van der Waals surface area (Å²) in [4.78, 5) is 24.9. The van der Waals surface area contributed by atoms with Gasteiger partial charge in [0.2, 0.25) is 11.7 Å². The quantitative estimate of drug-likeness (QED) is 0.258. The molecule has 0 spiro atoms. The fraction of sp³-hybridized carbons (Fsp3) is 0.227. The number of thioether (sulfide) groups is 1. The van der Waals surface area contributed by atoms with Crippen molar-refractivity contribution < 1.29 is 18.0 Å². The van der Waals surface area contributed by atoms with Gasteiger partial charge in [0.1, 0.15) is 5.03 Å². The van der Waals surface area contributed by atoms with Crippen LogP contribution in [0.3, 0.4) is 0 Å². The van der Waals surface area contributed by atoms with Gasteiger partial charge >= 0.3 is 6.18 Å². The molecule has 0 aliphatic carbocycles. The lowest BCUT2D eigenvalue weighted by atomic mass is 9.98. The van der Waals surface area contributed by atoms with Gasteiger partial charge in [0, 0.05) is 21.7 Å². The molecule has 4 heterocycles. The number of hydrogen-bond donors (Lipinski definition) is 0. The highest BCUT2D eigenvalue weighted by Crippen LogP contribution is 2.40. The van der Waals surface area contributed by atoms with Crippen LogP contribution in [-0.4, -0.2) is 33.1 Å². The maximum atomic E-state index is 13.3. The number of rotatable bonds is 4. The van der Waals surface area contributed by atoms with Crippen molar-refractivity contribution >= 4 is 51.2 Å². The average Bonchev–Trinajstić information content (AvgIpc) is 3.47. The predicted octanol–water partition coefficient (Wildman–Crippen LogP) is 6.04. The van der Waals surface area contributed by atoms with Gasteiger partial charge in [0.15, 0.2) is 0 Å². The van der Waals surface area contributed by atoms with Crippen molar-refractivity contribution in [2.24, 2.45) is 0 Å². The summed E-state index contributed by atoms with van der Waals surface area (Å²) < 4.78 is 39.9. The number of amides is 1. The largest absolute Gasteiger partial charge is 0.451 e. The molecule has 1 aromatic carbocycles. The molecule has 10 heteroatoms. The second kappa shape index (κ2) is 8.49. The van der Waals surface area contributed by atoms with Crippen molar-refractivity contribution in [3.05, 3.63) is 74.4 Å². The van der Waals surface area contributed by atoms with Crippen LogP contribution in [0.2, 0.25) is 0 Å². The molecule has 1 unspecified atom stereocenters. The number of aromatic nitrogens is 2. The summed E-state index contributed by atoms with van der Waals surface area (Å²) in [6, 6.07) is 12.4. The molecule has 4 aromatic rings. The fourth-order valence-electron chi connectivity index (χ4n) is 3.84. The second-order valence-electron chi connectivity index (χ2n) is 7.21. The smallest absolute Gasteiger partial charge is 0.330 e. The van der Waals surface area contributed by atoms with Crippen molar-refractivity contribution in [3.8, 4) is 0 Å². The number of carbonyl (C=O) groups is 1. The molecular weight excluding hydrogens is 475 g/mol. The highest BCUT2D eigenvalue weighted by molar-refractivity contribution is 8.00. The van der Waals surface area contributed by atoms with Crippen LogP contribution >= 0.6 is 34.4 Å². The van der Waals surface area contributed by atoms with E-state index in [1.807, 2.05) is 27.8 Å². The number of benzene rings is 1. The van der Waals surface area contributed by atoms with E-state index < -0.39 is 12.0 Å². The Balaban J connectivity index is 1.43. The number of carbonyl (C=O) groups excluding carboxylic acids is 1. The molecule has 5 rings (SSSR count). The van der Waals surface area contributed by atoms with Gasteiger partial charge in [-0.2, -0.15) is 13.2 Å². The number of fused-ring (bicyclic) bond motifs is 2. The normalized spacial score (nSPS) is 16.3. The summed E-state index contributed by atoms with van der Waals surface area (Å²) in [5.41, 5.74) is 1.34. The molecule has 1 atom stereocenters. The Labute approximate surface area is 194 Å². The molecule has 0 bridgehead atoms. The average molecular weight is 492 g/mol. The Morgan fingerprint density at radius 2 is 1.94 bits per heavy atom. The summed E-state index contributed by atoms with van der Waals surface area (Å²) in [5.74, 6) is -1.32. The topological polar surface area (TPSA) is 46.1 Å². The number of hydrogen-bond acceptors (Lipinski definition) is 6. The minimum atomic E-state index is -4.66. The van der Waals surface area contributed by atoms with Crippen molar-refractivity contribution in [3.63, 3.8) is 0 Å². The van der Waals surface area contributed by atoms with Crippen molar-refractivity contribution in [1.29, 1.82) is 0 Å². The van der Waals surface area contributed by atoms with E-state index in [0.717, 1.165) is 28.6 Å². The third-order valence-corrected chi connectivity index (χ3v) is 8.15. The Kier molecular flexibility index (Phi) is 5.68. The van der Waals surface area contributed by atoms with E-state index in [1.54, 1.807) is 40.9 Å². The first-order valence-corrected chi connectivity index (χ1v) is 12.5. The first kappa shape index (κ1) is 21.4. The fourth-order valence-corrected chi connectivity index (χ4v) is 6.50. The minimum absolute atomic E-state index is 0.000347. The van der Waals surface area contributed by atoms with Gasteiger partial charge in [-0.1, -0.05) is 36.0 Å². The van der Waals surface area contributed by atoms with Gasteiger partial charge < -0.3 is 4.90 Å². The lowest BCUT2D eigenvalue weighted by molar-refractivity contribution is -0.145. The molecule has 32 heavy (non-hydrogen) atoms. The van der Waals surface area contributed by atoms with Crippen molar-refractivity contribution in [2.45, 2.75) is 23.7 Å². The third kappa shape index (κ3) is 4.02. The van der Waals surface area contributed by atoms with E-state index in [1.165, 1.54) is 10.9 Å². The van der Waals surface area contributed by atoms with Gasteiger partial charge in [-0.3, -0.25) is 4.79 Å². The highest BCUT2D eigenvalue weighted by Gasteiger charge is 2.36. The van der Waals surface area contributed by atoms with E-state index in [-0.39, 0.29) is 28.2 Å². The van der Waals surface area contributed by atoms with Gasteiger partial charge in [-0.15, -0.1) is 22.7 Å². The van der Waals surface area contributed by atoms with E-state index >= 15 is 0 Å². The van der Waals surface area contributed by atoms with Crippen LogP contribution in [-0.2, 0) is 17.4 Å². The number of nitrogens with zero attached hydrogens (tertiary/aromatic N) is 3. The van der Waals surface area contributed by atoms with Crippen LogP contribution in [0.1, 0.15) is 27.2 Å². The van der Waals surface area contributed by atoms with Crippen LogP contribution in [0.5, 0.6) is 0 Å². The summed E-state index contributed by atoms with van der Waals surface area (Å²) in [7, 11) is 0. The third-order valence-electron chi connectivity index (χ3n) is 5.25. The number of alkyl halides is 3. The van der Waals surface area contributed by atoms with Crippen molar-refractivity contribution in [1.82, 2.24) is 14.9 Å². The molecule has 0 fully saturated rings. The zero-order valence-electron chi connectivity index (χ0n) is 16.5. The number of thiophene rings is 2. The molecule has 4 nitrogen and oxygen atoms in total. The Morgan fingerprint density at radius 1 is 1.09 bits per heavy atom. The van der Waals surface area contributed by atoms with Gasteiger partial charge in [0.25, 0.3) is 0 Å². The molecule has 1 amide bonds. The first-order chi connectivity index (χ1) is 15.4. The highest BCUT2D eigenvalue weighted by atomic mass is 32.2. The lowest BCUT2D eigenvalue weighted by Gasteiger charge is -2.35. The van der Waals surface area contributed by atoms with Gasteiger partial charge in [-0.25, -0.2) is 9.97 Å². The van der Waals surface area contributed by atoms with E-state index in [0.29, 0.717) is 11.9 Å². The molecular formula is C22H16F3N3OS3. The van der Waals surface area contributed by atoms with Gasteiger partial charge in [0.05, 0.1) is 17.3 Å². The predicted molar refractivity (Wildman–Crippen MR) is 121 cm³/mol. The minimum Gasteiger partial charge on any atom is -0.330 e. The summed E-state index contributed by atoms with van der Waals surface area (Å²) in [6.07, 6.45) is -3.88. The molecule has 3 aromatic heterocycles.